The molecule has 4 N–H and O–H groups in total. The van der Waals surface area contributed by atoms with Gasteiger partial charge in [-0.3, -0.25) is 0 Å². The van der Waals surface area contributed by atoms with Gasteiger partial charge < -0.3 is 16.2 Å². The average Bonchev–Trinajstić information content (AvgIpc) is 2.85. The molecule has 0 atom stereocenters. The number of hydrogen-bond acceptors (Lipinski definition) is 4. The Morgan fingerprint density at radius 3 is 1.66 bits per heavy atom. The van der Waals surface area contributed by atoms with Crippen molar-refractivity contribution < 1.29 is 9.31 Å². The van der Waals surface area contributed by atoms with Crippen molar-refractivity contribution >= 4 is 38.7 Å². The minimum Gasteiger partial charge on any atom is -0.399 e. The number of rotatable bonds is 2. The molecule has 1 aliphatic carbocycles. The third-order valence-electron chi connectivity index (χ3n) is 5.76. The van der Waals surface area contributed by atoms with Crippen LogP contribution in [0.1, 0.15) is 11.1 Å². The van der Waals surface area contributed by atoms with Gasteiger partial charge in [-0.25, -0.2) is 4.58 Å². The molecule has 0 bridgehead atoms. The molecule has 0 saturated carbocycles. The second-order valence-electron chi connectivity index (χ2n) is 7.96. The molecule has 32 heavy (non-hydrogen) atoms. The summed E-state index contributed by atoms with van der Waals surface area (Å²) in [6.45, 7) is 3.46. The number of anilines is 2. The first-order valence-corrected chi connectivity index (χ1v) is 11.6. The maximum atomic E-state index is 5.92. The lowest BCUT2D eigenvalue weighted by Crippen LogP contribution is -2.32. The molecular formula is C27H26N3OS+. The summed E-state index contributed by atoms with van der Waals surface area (Å²) in [4.78, 5) is 2.40. The molecule has 2 aromatic rings. The molecule has 2 aliphatic heterocycles. The van der Waals surface area contributed by atoms with Crippen LogP contribution >= 0.6 is 11.8 Å². The van der Waals surface area contributed by atoms with E-state index in [4.69, 9.17) is 16.2 Å². The van der Waals surface area contributed by atoms with E-state index >= 15 is 0 Å². The number of ether oxygens (including phenoxy) is 1. The zero-order valence-corrected chi connectivity index (χ0v) is 18.6. The standard InChI is InChI=1S/C27H25N3OS/c28-23-7-1-20(2-8-23)26-17-22(18-27(32-26)21-3-9-24(29)10-4-21)19-5-11-25(12-6-19)30-13-15-31-16-14-30/h1-12,17-18H,13-16H2,(H3,28,29)/p+1. The molecule has 0 radical (unpaired) electrons. The Morgan fingerprint density at radius 2 is 1.16 bits per heavy atom. The topological polar surface area (TPSA) is 64.3 Å². The summed E-state index contributed by atoms with van der Waals surface area (Å²) < 4.78 is 7.86. The molecule has 2 heterocycles. The highest BCUT2D eigenvalue weighted by Crippen LogP contribution is 2.45. The van der Waals surface area contributed by atoms with E-state index in [9.17, 15) is 0 Å². The summed E-state index contributed by atoms with van der Waals surface area (Å²) in [6, 6.07) is 16.1. The van der Waals surface area contributed by atoms with Gasteiger partial charge in [-0.1, -0.05) is 36.0 Å². The number of allylic oxidation sites excluding steroid dienone is 8. The average molecular weight is 441 g/mol. The Hall–Kier alpha value is -3.28. The van der Waals surface area contributed by atoms with E-state index in [1.54, 1.807) is 11.8 Å². The van der Waals surface area contributed by atoms with Crippen molar-refractivity contribution in [3.8, 4) is 0 Å². The van der Waals surface area contributed by atoms with Gasteiger partial charge in [-0.05, 0) is 70.8 Å². The van der Waals surface area contributed by atoms with Crippen molar-refractivity contribution in [2.24, 2.45) is 0 Å². The third kappa shape index (κ3) is 4.49. The molecule has 1 fully saturated rings. The number of thioether (sulfide) groups is 1. The molecule has 160 valence electrons. The lowest BCUT2D eigenvalue weighted by atomic mass is 9.99. The predicted molar refractivity (Wildman–Crippen MR) is 136 cm³/mol. The molecule has 4 nitrogen and oxygen atoms in total. The number of benzene rings is 2. The SMILES string of the molecule is Nc1ccc(C2=CC(=C3C=CC(=[N+]4CCOCC4)C=C3)C=C(c3ccc(N)cc3)S2)cc1. The fourth-order valence-corrected chi connectivity index (χ4v) is 5.05. The highest BCUT2D eigenvalue weighted by atomic mass is 32.2. The number of hydrogen-bond donors (Lipinski definition) is 2. The van der Waals surface area contributed by atoms with Gasteiger partial charge in [0.1, 0.15) is 13.2 Å². The van der Waals surface area contributed by atoms with E-state index in [0.717, 1.165) is 48.8 Å². The second-order valence-corrected chi connectivity index (χ2v) is 9.05. The van der Waals surface area contributed by atoms with Gasteiger partial charge >= 0.3 is 0 Å². The summed E-state index contributed by atoms with van der Waals surface area (Å²) in [5.41, 5.74) is 19.3. The van der Waals surface area contributed by atoms with Crippen molar-refractivity contribution in [2.75, 3.05) is 37.8 Å². The number of nitrogen functional groups attached to an aromatic ring is 2. The van der Waals surface area contributed by atoms with Crippen LogP contribution in [-0.4, -0.2) is 36.6 Å². The van der Waals surface area contributed by atoms with Gasteiger partial charge in [0.2, 0.25) is 0 Å². The number of morpholine rings is 1. The van der Waals surface area contributed by atoms with Crippen molar-refractivity contribution in [3.05, 3.63) is 107 Å². The molecular weight excluding hydrogens is 414 g/mol. The van der Waals surface area contributed by atoms with Crippen LogP contribution in [0.5, 0.6) is 0 Å². The van der Waals surface area contributed by atoms with Gasteiger partial charge in [0, 0.05) is 33.3 Å². The molecule has 5 rings (SSSR count). The molecule has 5 heteroatoms. The van der Waals surface area contributed by atoms with Gasteiger partial charge in [-0.2, -0.15) is 0 Å². The first kappa shape index (κ1) is 20.6. The summed E-state index contributed by atoms with van der Waals surface area (Å²) in [7, 11) is 0. The predicted octanol–water partition coefficient (Wildman–Crippen LogP) is 4.89. The minimum atomic E-state index is 0.771. The van der Waals surface area contributed by atoms with E-state index in [0.29, 0.717) is 0 Å². The Balaban J connectivity index is 1.54. The molecule has 3 aliphatic rings. The van der Waals surface area contributed by atoms with Crippen LogP contribution in [0.25, 0.3) is 9.81 Å². The lowest BCUT2D eigenvalue weighted by Gasteiger charge is -2.19. The van der Waals surface area contributed by atoms with E-state index in [1.807, 2.05) is 24.3 Å². The zero-order chi connectivity index (χ0) is 21.9. The molecule has 0 unspecified atom stereocenters. The molecule has 0 aromatic heterocycles. The van der Waals surface area contributed by atoms with Crippen LogP contribution in [0.4, 0.5) is 11.4 Å². The molecule has 0 amide bonds. The van der Waals surface area contributed by atoms with Crippen LogP contribution in [0.2, 0.25) is 0 Å². The fraction of sp³-hybridized carbons (Fsp3) is 0.148. The Kier molecular flexibility index (Phi) is 5.84. The fourth-order valence-electron chi connectivity index (χ4n) is 3.93. The first-order valence-electron chi connectivity index (χ1n) is 10.8. The molecule has 1 saturated heterocycles. The summed E-state index contributed by atoms with van der Waals surface area (Å²) in [6.07, 6.45) is 13.4. The van der Waals surface area contributed by atoms with E-state index in [-0.39, 0.29) is 0 Å². The van der Waals surface area contributed by atoms with Gasteiger partial charge in [0.05, 0.1) is 0 Å². The van der Waals surface area contributed by atoms with Crippen molar-refractivity contribution in [1.29, 1.82) is 0 Å². The Morgan fingerprint density at radius 1 is 0.656 bits per heavy atom. The minimum absolute atomic E-state index is 0.771. The highest BCUT2D eigenvalue weighted by Gasteiger charge is 2.19. The van der Waals surface area contributed by atoms with Crippen LogP contribution in [0, 0.1) is 0 Å². The lowest BCUT2D eigenvalue weighted by molar-refractivity contribution is -0.547. The maximum absolute atomic E-state index is 5.92. The van der Waals surface area contributed by atoms with E-state index in [2.05, 4.69) is 65.3 Å². The van der Waals surface area contributed by atoms with Gasteiger partial charge in [0.15, 0.2) is 18.8 Å². The largest absolute Gasteiger partial charge is 0.399 e. The monoisotopic (exact) mass is 440 g/mol. The maximum Gasteiger partial charge on any atom is 0.200 e. The smallest absolute Gasteiger partial charge is 0.200 e. The Labute approximate surface area is 193 Å². The molecule has 2 aromatic carbocycles. The van der Waals surface area contributed by atoms with E-state index in [1.165, 1.54) is 26.7 Å². The summed E-state index contributed by atoms with van der Waals surface area (Å²) >= 11 is 1.77. The second kappa shape index (κ2) is 9.07. The summed E-state index contributed by atoms with van der Waals surface area (Å²) in [5, 5.41) is 0. The zero-order valence-electron chi connectivity index (χ0n) is 17.8. The van der Waals surface area contributed by atoms with Crippen molar-refractivity contribution in [2.45, 2.75) is 0 Å². The third-order valence-corrected chi connectivity index (χ3v) is 6.91. The van der Waals surface area contributed by atoms with Crippen molar-refractivity contribution in [3.63, 3.8) is 0 Å². The van der Waals surface area contributed by atoms with Gasteiger partial charge in [0.25, 0.3) is 0 Å². The first-order chi connectivity index (χ1) is 15.7. The number of nitrogens with zero attached hydrogens (tertiary/aromatic N) is 1. The Bertz CT molecular complexity index is 1120. The van der Waals surface area contributed by atoms with Crippen LogP contribution in [0.3, 0.4) is 0 Å². The number of nitrogens with two attached hydrogens (primary N) is 2. The quantitative estimate of drug-likeness (QED) is 0.516. The van der Waals surface area contributed by atoms with Crippen LogP contribution < -0.4 is 11.5 Å². The van der Waals surface area contributed by atoms with Gasteiger partial charge in [-0.15, -0.1) is 0 Å². The van der Waals surface area contributed by atoms with E-state index < -0.39 is 0 Å². The molecule has 0 spiro atoms. The normalized spacial score (nSPS) is 18.6. The highest BCUT2D eigenvalue weighted by molar-refractivity contribution is 8.16. The van der Waals surface area contributed by atoms with Crippen LogP contribution in [0.15, 0.2) is 96.1 Å². The van der Waals surface area contributed by atoms with Crippen molar-refractivity contribution in [1.82, 2.24) is 0 Å². The summed E-state index contributed by atoms with van der Waals surface area (Å²) in [5.74, 6) is 0. The van der Waals surface area contributed by atoms with Crippen LogP contribution in [-0.2, 0) is 4.74 Å².